The summed E-state index contributed by atoms with van der Waals surface area (Å²) in [6, 6.07) is 2.12. The van der Waals surface area contributed by atoms with Gasteiger partial charge >= 0.3 is 0 Å². The molecule has 0 fully saturated rings. The van der Waals surface area contributed by atoms with Gasteiger partial charge in [-0.3, -0.25) is 4.79 Å². The maximum Gasteiger partial charge on any atom is 0.277 e. The first-order valence-electron chi connectivity index (χ1n) is 6.71. The van der Waals surface area contributed by atoms with Crippen LogP contribution in [-0.2, 0) is 22.4 Å². The van der Waals surface area contributed by atoms with Gasteiger partial charge in [-0.2, -0.15) is 0 Å². The lowest BCUT2D eigenvalue weighted by molar-refractivity contribution is -0.116. The molecule has 19 heavy (non-hydrogen) atoms. The van der Waals surface area contributed by atoms with Gasteiger partial charge in [-0.1, -0.05) is 0 Å². The van der Waals surface area contributed by atoms with Gasteiger partial charge in [-0.05, 0) is 50.3 Å². The molecular weight excluding hydrogens is 242 g/mol. The van der Waals surface area contributed by atoms with Crippen molar-refractivity contribution in [2.75, 3.05) is 6.61 Å². The van der Waals surface area contributed by atoms with E-state index in [9.17, 15) is 4.79 Å². The molecule has 2 aliphatic rings. The van der Waals surface area contributed by atoms with E-state index in [4.69, 9.17) is 4.74 Å². The average molecular weight is 259 g/mol. The molecule has 5 heteroatoms. The molecule has 0 aromatic carbocycles. The minimum absolute atomic E-state index is 0.212. The van der Waals surface area contributed by atoms with Crippen molar-refractivity contribution in [3.8, 4) is 0 Å². The predicted octanol–water partition coefficient (Wildman–Crippen LogP) is 1.76. The van der Waals surface area contributed by atoms with Crippen molar-refractivity contribution in [1.82, 2.24) is 10.4 Å². The van der Waals surface area contributed by atoms with Gasteiger partial charge in [-0.25, -0.2) is 5.43 Å². The summed E-state index contributed by atoms with van der Waals surface area (Å²) in [7, 11) is 0. The van der Waals surface area contributed by atoms with E-state index in [-0.39, 0.29) is 5.91 Å². The molecule has 0 saturated carbocycles. The van der Waals surface area contributed by atoms with E-state index in [0.717, 1.165) is 18.5 Å². The van der Waals surface area contributed by atoms with Crippen LogP contribution in [0.1, 0.15) is 36.7 Å². The van der Waals surface area contributed by atoms with Crippen LogP contribution in [0.15, 0.2) is 16.7 Å². The van der Waals surface area contributed by atoms with E-state index in [1.54, 1.807) is 0 Å². The Hall–Kier alpha value is -2.04. The average Bonchev–Trinajstić information content (AvgIpc) is 2.96. The van der Waals surface area contributed by atoms with Crippen LogP contribution in [0.2, 0.25) is 0 Å². The van der Waals surface area contributed by atoms with Crippen LogP contribution < -0.4 is 5.43 Å². The van der Waals surface area contributed by atoms with E-state index >= 15 is 0 Å². The first kappa shape index (κ1) is 12.0. The summed E-state index contributed by atoms with van der Waals surface area (Å²) in [4.78, 5) is 15.1. The zero-order chi connectivity index (χ0) is 13.2. The number of ether oxygens (including phenoxy) is 1. The molecule has 1 aromatic heterocycles. The Labute approximate surface area is 111 Å². The first-order chi connectivity index (χ1) is 9.28. The Bertz CT molecular complexity index is 546. The number of aromatic nitrogens is 1. The summed E-state index contributed by atoms with van der Waals surface area (Å²) in [6.07, 6.45) is 6.50. The molecule has 3 rings (SSSR count). The van der Waals surface area contributed by atoms with E-state index in [1.165, 1.54) is 24.1 Å². The molecule has 0 saturated heterocycles. The molecular formula is C14H17N3O2. The minimum atomic E-state index is -0.212. The zero-order valence-corrected chi connectivity index (χ0v) is 11.0. The molecule has 0 radical (unpaired) electrons. The van der Waals surface area contributed by atoms with Crippen LogP contribution in [-0.4, -0.2) is 23.4 Å². The van der Waals surface area contributed by atoms with Crippen molar-refractivity contribution < 1.29 is 9.53 Å². The van der Waals surface area contributed by atoms with Crippen LogP contribution in [0.4, 0.5) is 0 Å². The van der Waals surface area contributed by atoms with Crippen LogP contribution in [0, 0.1) is 0 Å². The third-order valence-electron chi connectivity index (χ3n) is 3.45. The second kappa shape index (κ2) is 4.91. The number of aryl methyl sites for hydroxylation is 2. The zero-order valence-electron chi connectivity index (χ0n) is 11.0. The normalized spacial score (nSPS) is 20.2. The van der Waals surface area contributed by atoms with Crippen molar-refractivity contribution in [1.29, 1.82) is 0 Å². The maximum atomic E-state index is 11.7. The molecule has 5 nitrogen and oxygen atoms in total. The van der Waals surface area contributed by atoms with Gasteiger partial charge < -0.3 is 9.72 Å². The topological polar surface area (TPSA) is 66.5 Å². The molecule has 0 atom stereocenters. The summed E-state index contributed by atoms with van der Waals surface area (Å²) < 4.78 is 5.34. The van der Waals surface area contributed by atoms with Gasteiger partial charge in [0, 0.05) is 11.4 Å². The number of carbonyl (C=O) groups excluding carboxylic acids is 1. The number of aromatic amines is 1. The van der Waals surface area contributed by atoms with Crippen molar-refractivity contribution in [2.24, 2.45) is 5.10 Å². The predicted molar refractivity (Wildman–Crippen MR) is 72.6 cm³/mol. The highest BCUT2D eigenvalue weighted by atomic mass is 16.5. The van der Waals surface area contributed by atoms with Gasteiger partial charge in [-0.15, -0.1) is 5.10 Å². The largest absolute Gasteiger partial charge is 0.476 e. The summed E-state index contributed by atoms with van der Waals surface area (Å²) >= 11 is 0. The van der Waals surface area contributed by atoms with Gasteiger partial charge in [0.05, 0.1) is 6.61 Å². The maximum absolute atomic E-state index is 11.7. The number of H-pyrrole nitrogens is 1. The SMILES string of the molecule is CCOC1=NNC(=O)C1=Cc1cc2c([nH]1)CCCC2. The van der Waals surface area contributed by atoms with E-state index in [1.807, 2.05) is 13.0 Å². The number of fused-ring (bicyclic) bond motifs is 1. The van der Waals surface area contributed by atoms with Crippen LogP contribution in [0.3, 0.4) is 0 Å². The third-order valence-corrected chi connectivity index (χ3v) is 3.45. The minimum Gasteiger partial charge on any atom is -0.476 e. The van der Waals surface area contributed by atoms with E-state index in [2.05, 4.69) is 21.6 Å². The Kier molecular flexibility index (Phi) is 3.11. The number of carbonyl (C=O) groups is 1. The Morgan fingerprint density at radius 1 is 1.42 bits per heavy atom. The summed E-state index contributed by atoms with van der Waals surface area (Å²) in [5.74, 6) is 0.163. The first-order valence-corrected chi connectivity index (χ1v) is 6.71. The fourth-order valence-electron chi connectivity index (χ4n) is 2.56. The number of nitrogens with zero attached hydrogens (tertiary/aromatic N) is 1. The molecule has 1 aliphatic heterocycles. The van der Waals surface area contributed by atoms with E-state index < -0.39 is 0 Å². The molecule has 1 amide bonds. The fraction of sp³-hybridized carbons (Fsp3) is 0.429. The molecule has 2 heterocycles. The van der Waals surface area contributed by atoms with Gasteiger partial charge in [0.1, 0.15) is 5.57 Å². The number of amides is 1. The van der Waals surface area contributed by atoms with Crippen LogP contribution in [0.25, 0.3) is 6.08 Å². The molecule has 0 bridgehead atoms. The highest BCUT2D eigenvalue weighted by Gasteiger charge is 2.24. The lowest BCUT2D eigenvalue weighted by Crippen LogP contribution is -2.14. The number of rotatable bonds is 2. The monoisotopic (exact) mass is 259 g/mol. The van der Waals surface area contributed by atoms with Crippen LogP contribution in [0.5, 0.6) is 0 Å². The molecule has 0 unspecified atom stereocenters. The summed E-state index contributed by atoms with van der Waals surface area (Å²) in [6.45, 7) is 2.36. The molecule has 100 valence electrons. The van der Waals surface area contributed by atoms with Crippen molar-refractivity contribution in [2.45, 2.75) is 32.6 Å². The highest BCUT2D eigenvalue weighted by molar-refractivity contribution is 6.24. The van der Waals surface area contributed by atoms with Crippen molar-refractivity contribution in [3.05, 3.63) is 28.6 Å². The highest BCUT2D eigenvalue weighted by Crippen LogP contribution is 2.23. The molecule has 1 aliphatic carbocycles. The van der Waals surface area contributed by atoms with Gasteiger partial charge in [0.15, 0.2) is 0 Å². The summed E-state index contributed by atoms with van der Waals surface area (Å²) in [5, 5.41) is 3.88. The van der Waals surface area contributed by atoms with Gasteiger partial charge in [0.25, 0.3) is 5.91 Å². The van der Waals surface area contributed by atoms with Crippen molar-refractivity contribution >= 4 is 17.9 Å². The third kappa shape index (κ3) is 2.28. The number of hydrogen-bond acceptors (Lipinski definition) is 3. The molecule has 1 aromatic rings. The fourth-order valence-corrected chi connectivity index (χ4v) is 2.56. The lowest BCUT2D eigenvalue weighted by atomic mass is 9.98. The quantitative estimate of drug-likeness (QED) is 0.795. The number of hydrazone groups is 1. The van der Waals surface area contributed by atoms with Gasteiger partial charge in [0.2, 0.25) is 5.90 Å². The Morgan fingerprint density at radius 3 is 3.05 bits per heavy atom. The Morgan fingerprint density at radius 2 is 2.26 bits per heavy atom. The second-order valence-electron chi connectivity index (χ2n) is 4.78. The Balaban J connectivity index is 1.89. The summed E-state index contributed by atoms with van der Waals surface area (Å²) in [5.41, 5.74) is 6.53. The smallest absolute Gasteiger partial charge is 0.277 e. The number of hydrogen-bond donors (Lipinski definition) is 2. The van der Waals surface area contributed by atoms with Crippen molar-refractivity contribution in [3.63, 3.8) is 0 Å². The van der Waals surface area contributed by atoms with E-state index in [0.29, 0.717) is 18.1 Å². The van der Waals surface area contributed by atoms with Crippen LogP contribution >= 0.6 is 0 Å². The molecule has 2 N–H and O–H groups in total. The molecule has 0 spiro atoms. The second-order valence-corrected chi connectivity index (χ2v) is 4.78. The number of nitrogens with one attached hydrogen (secondary N) is 2. The lowest BCUT2D eigenvalue weighted by Gasteiger charge is -2.08. The standard InChI is InChI=1S/C14H17N3O2/c1-2-19-14-11(13(18)16-17-14)8-10-7-9-5-3-4-6-12(9)15-10/h7-8,15H,2-6H2,1H3,(H,16,18).